The van der Waals surface area contributed by atoms with Crippen molar-refractivity contribution in [2.75, 3.05) is 5.32 Å². The molecule has 30 heavy (non-hydrogen) atoms. The normalized spacial score (nSPS) is 12.5. The van der Waals surface area contributed by atoms with Crippen LogP contribution in [-0.2, 0) is 10.0 Å². The lowest BCUT2D eigenvalue weighted by Crippen LogP contribution is -2.40. The van der Waals surface area contributed by atoms with Crippen LogP contribution in [-0.4, -0.2) is 34.6 Å². The number of para-hydroxylation sites is 1. The molecule has 0 atom stereocenters. The van der Waals surface area contributed by atoms with Gasteiger partial charge in [0.05, 0.1) is 23.1 Å². The Kier molecular flexibility index (Phi) is 5.70. The van der Waals surface area contributed by atoms with Gasteiger partial charge in [0, 0.05) is 17.0 Å². The van der Waals surface area contributed by atoms with E-state index < -0.39 is 21.5 Å². The molecule has 0 saturated heterocycles. The van der Waals surface area contributed by atoms with Gasteiger partial charge >= 0.3 is 0 Å². The fraction of sp³-hybridized carbons (Fsp3) is 0.381. The average Bonchev–Trinajstić information content (AvgIpc) is 3.02. The molecule has 2 N–H and O–H groups in total. The number of nitrogens with zero attached hydrogens (tertiary/aromatic N) is 3. The monoisotopic (exact) mass is 429 g/mol. The lowest BCUT2D eigenvalue weighted by Gasteiger charge is -2.21. The Labute approximate surface area is 176 Å². The predicted octanol–water partition coefficient (Wildman–Crippen LogP) is 3.65. The van der Waals surface area contributed by atoms with E-state index in [0.29, 0.717) is 16.9 Å². The first kappa shape index (κ1) is 21.9. The molecule has 3 aromatic rings. The molecule has 0 bridgehead atoms. The maximum absolute atomic E-state index is 13.0. The van der Waals surface area contributed by atoms with E-state index in [9.17, 15) is 13.2 Å². The van der Waals surface area contributed by atoms with E-state index in [2.05, 4.69) is 20.1 Å². The number of benzene rings is 1. The lowest BCUT2D eigenvalue weighted by atomic mass is 10.1. The van der Waals surface area contributed by atoms with Crippen molar-refractivity contribution in [2.45, 2.75) is 58.0 Å². The smallest absolute Gasteiger partial charge is 0.257 e. The minimum Gasteiger partial charge on any atom is -0.321 e. The number of hydrogen-bond donors (Lipinski definition) is 2. The van der Waals surface area contributed by atoms with Gasteiger partial charge in [-0.3, -0.25) is 4.79 Å². The van der Waals surface area contributed by atoms with Crippen molar-refractivity contribution in [1.29, 1.82) is 0 Å². The Hall–Kier alpha value is -2.78. The van der Waals surface area contributed by atoms with E-state index >= 15 is 0 Å². The molecule has 2 heterocycles. The van der Waals surface area contributed by atoms with Crippen molar-refractivity contribution >= 4 is 32.7 Å². The maximum atomic E-state index is 13.0. The summed E-state index contributed by atoms with van der Waals surface area (Å²) in [5.74, 6) is -0.433. The van der Waals surface area contributed by atoms with Crippen LogP contribution in [0.25, 0.3) is 11.0 Å². The second-order valence-corrected chi connectivity index (χ2v) is 10.2. The highest BCUT2D eigenvalue weighted by Gasteiger charge is 2.25. The number of fused-ring (bicyclic) bond motifs is 1. The molecule has 3 rings (SSSR count). The third-order valence-corrected chi connectivity index (χ3v) is 6.17. The molecule has 1 aromatic carbocycles. The highest BCUT2D eigenvalue weighted by molar-refractivity contribution is 7.89. The van der Waals surface area contributed by atoms with Gasteiger partial charge in [0.15, 0.2) is 5.65 Å². The summed E-state index contributed by atoms with van der Waals surface area (Å²) in [6.07, 6.45) is 1.67. The van der Waals surface area contributed by atoms with Crippen molar-refractivity contribution < 1.29 is 13.2 Å². The third-order valence-electron chi connectivity index (χ3n) is 4.36. The molecule has 0 radical (unpaired) electrons. The molecule has 8 nitrogen and oxygen atoms in total. The molecule has 0 fully saturated rings. The second-order valence-electron chi connectivity index (χ2n) is 8.52. The van der Waals surface area contributed by atoms with Crippen molar-refractivity contribution in [1.82, 2.24) is 19.5 Å². The van der Waals surface area contributed by atoms with Crippen LogP contribution in [0.3, 0.4) is 0 Å². The molecule has 0 aliphatic heterocycles. The predicted molar refractivity (Wildman–Crippen MR) is 117 cm³/mol. The summed E-state index contributed by atoms with van der Waals surface area (Å²) >= 11 is 0. The molecule has 9 heteroatoms. The standard InChI is InChI=1S/C21H27N5O3S/c1-13(2)26-19-15(12-22-26)11-16(14(3)23-19)20(27)24-17-9-7-8-10-18(17)30(28,29)25-21(4,5)6/h7-13,25H,1-6H3,(H,24,27). The zero-order valence-corrected chi connectivity index (χ0v) is 18.8. The molecular weight excluding hydrogens is 402 g/mol. The number of sulfonamides is 1. The fourth-order valence-electron chi connectivity index (χ4n) is 3.13. The minimum atomic E-state index is -3.82. The zero-order chi connectivity index (χ0) is 22.3. The number of nitrogens with one attached hydrogen (secondary N) is 2. The number of aryl methyl sites for hydroxylation is 1. The number of aromatic nitrogens is 3. The largest absolute Gasteiger partial charge is 0.321 e. The highest BCUT2D eigenvalue weighted by Crippen LogP contribution is 2.24. The molecule has 160 valence electrons. The molecule has 2 aromatic heterocycles. The van der Waals surface area contributed by atoms with E-state index in [1.165, 1.54) is 6.07 Å². The molecule has 0 aliphatic carbocycles. The summed E-state index contributed by atoms with van der Waals surface area (Å²) in [7, 11) is -3.82. The number of carbonyl (C=O) groups excluding carboxylic acids is 1. The van der Waals surface area contributed by atoms with Crippen LogP contribution in [0.4, 0.5) is 5.69 Å². The number of hydrogen-bond acceptors (Lipinski definition) is 5. The number of rotatable bonds is 5. The van der Waals surface area contributed by atoms with Crippen molar-refractivity contribution in [3.05, 3.63) is 47.8 Å². The van der Waals surface area contributed by atoms with Gasteiger partial charge in [-0.05, 0) is 59.7 Å². The molecule has 0 saturated carbocycles. The summed E-state index contributed by atoms with van der Waals surface area (Å²) in [6.45, 7) is 11.0. The zero-order valence-electron chi connectivity index (χ0n) is 18.0. The van der Waals surface area contributed by atoms with E-state index in [0.717, 1.165) is 5.39 Å². The quantitative estimate of drug-likeness (QED) is 0.644. The van der Waals surface area contributed by atoms with Crippen molar-refractivity contribution in [3.8, 4) is 0 Å². The van der Waals surface area contributed by atoms with Gasteiger partial charge in [0.25, 0.3) is 5.91 Å². The van der Waals surface area contributed by atoms with Crippen molar-refractivity contribution in [3.63, 3.8) is 0 Å². The van der Waals surface area contributed by atoms with E-state index in [1.54, 1.807) is 62.8 Å². The van der Waals surface area contributed by atoms with Crippen LogP contribution in [0, 0.1) is 6.92 Å². The number of amides is 1. The SMILES string of the molecule is Cc1nc2c(cnn2C(C)C)cc1C(=O)Nc1ccccc1S(=O)(=O)NC(C)(C)C. The van der Waals surface area contributed by atoms with Crippen LogP contribution < -0.4 is 10.0 Å². The minimum absolute atomic E-state index is 0.00703. The van der Waals surface area contributed by atoms with Crippen LogP contribution >= 0.6 is 0 Å². The number of carbonyl (C=O) groups is 1. The topological polar surface area (TPSA) is 106 Å². The molecule has 0 unspecified atom stereocenters. The second kappa shape index (κ2) is 7.81. The third kappa shape index (κ3) is 4.52. The van der Waals surface area contributed by atoms with Gasteiger partial charge in [-0.2, -0.15) is 5.10 Å². The lowest BCUT2D eigenvalue weighted by molar-refractivity contribution is 0.102. The fourth-order valence-corrected chi connectivity index (χ4v) is 4.71. The Morgan fingerprint density at radius 3 is 2.47 bits per heavy atom. The van der Waals surface area contributed by atoms with Gasteiger partial charge in [0.2, 0.25) is 10.0 Å². The van der Waals surface area contributed by atoms with Crippen LogP contribution in [0.15, 0.2) is 41.4 Å². The Balaban J connectivity index is 1.97. The summed E-state index contributed by atoms with van der Waals surface area (Å²) in [5.41, 5.74) is 1.16. The summed E-state index contributed by atoms with van der Waals surface area (Å²) in [6, 6.07) is 8.18. The van der Waals surface area contributed by atoms with Crippen LogP contribution in [0.2, 0.25) is 0 Å². The first-order chi connectivity index (χ1) is 13.9. The van der Waals surface area contributed by atoms with Crippen LogP contribution in [0.1, 0.15) is 56.7 Å². The van der Waals surface area contributed by atoms with Gasteiger partial charge in [-0.25, -0.2) is 22.8 Å². The van der Waals surface area contributed by atoms with E-state index in [-0.39, 0.29) is 16.6 Å². The Bertz CT molecular complexity index is 1210. The summed E-state index contributed by atoms with van der Waals surface area (Å²) < 4.78 is 30.0. The van der Waals surface area contributed by atoms with E-state index in [4.69, 9.17) is 0 Å². The molecular formula is C21H27N5O3S. The maximum Gasteiger partial charge on any atom is 0.257 e. The first-order valence-electron chi connectivity index (χ1n) is 9.68. The molecule has 0 aliphatic rings. The number of anilines is 1. The number of pyridine rings is 1. The van der Waals surface area contributed by atoms with Gasteiger partial charge < -0.3 is 5.32 Å². The average molecular weight is 430 g/mol. The van der Waals surface area contributed by atoms with Crippen molar-refractivity contribution in [2.24, 2.45) is 0 Å². The summed E-state index contributed by atoms with van der Waals surface area (Å²) in [4.78, 5) is 17.5. The van der Waals surface area contributed by atoms with Gasteiger partial charge in [0.1, 0.15) is 4.90 Å². The highest BCUT2D eigenvalue weighted by atomic mass is 32.2. The van der Waals surface area contributed by atoms with Crippen LogP contribution in [0.5, 0.6) is 0 Å². The Morgan fingerprint density at radius 2 is 1.83 bits per heavy atom. The molecule has 1 amide bonds. The summed E-state index contributed by atoms with van der Waals surface area (Å²) in [5, 5.41) is 7.81. The van der Waals surface area contributed by atoms with Gasteiger partial charge in [-0.15, -0.1) is 0 Å². The van der Waals surface area contributed by atoms with E-state index in [1.807, 2.05) is 13.8 Å². The Morgan fingerprint density at radius 1 is 1.17 bits per heavy atom. The first-order valence-corrected chi connectivity index (χ1v) is 11.2. The molecule has 0 spiro atoms. The van der Waals surface area contributed by atoms with Gasteiger partial charge in [-0.1, -0.05) is 12.1 Å².